The van der Waals surface area contributed by atoms with Gasteiger partial charge < -0.3 is 15.4 Å². The number of amides is 1. The number of fused-ring (bicyclic) bond motifs is 3. The van der Waals surface area contributed by atoms with Crippen LogP contribution in [0.15, 0.2) is 30.3 Å². The molecule has 0 aromatic heterocycles. The van der Waals surface area contributed by atoms with E-state index in [0.29, 0.717) is 12.5 Å². The third-order valence-electron chi connectivity index (χ3n) is 4.33. The Hall–Kier alpha value is -1.55. The van der Waals surface area contributed by atoms with E-state index < -0.39 is 0 Å². The van der Waals surface area contributed by atoms with Gasteiger partial charge >= 0.3 is 6.09 Å². The molecule has 1 amide bonds. The molecule has 3 aliphatic rings. The van der Waals surface area contributed by atoms with Crippen molar-refractivity contribution in [2.24, 2.45) is 11.7 Å². The van der Waals surface area contributed by atoms with Crippen molar-refractivity contribution in [3.8, 4) is 0 Å². The van der Waals surface area contributed by atoms with Crippen LogP contribution in [0.3, 0.4) is 0 Å². The third-order valence-corrected chi connectivity index (χ3v) is 4.33. The minimum atomic E-state index is -0.189. The second-order valence-electron chi connectivity index (χ2n) is 5.58. The third kappa shape index (κ3) is 2.59. The Bertz CT molecular complexity index is 449. The Morgan fingerprint density at radius 2 is 2.11 bits per heavy atom. The quantitative estimate of drug-likeness (QED) is 0.886. The zero-order valence-corrected chi connectivity index (χ0v) is 11.0. The highest BCUT2D eigenvalue weighted by Crippen LogP contribution is 2.34. The average molecular weight is 260 g/mol. The summed E-state index contributed by atoms with van der Waals surface area (Å²) in [7, 11) is 0. The molecule has 2 bridgehead atoms. The Balaban J connectivity index is 1.57. The van der Waals surface area contributed by atoms with E-state index in [9.17, 15) is 4.79 Å². The molecule has 0 spiro atoms. The number of carbonyl (C=O) groups is 1. The standard InChI is InChI=1S/C15H20N2O2/c16-14-8-13-7-6-12(14)9-17(13)15(18)19-10-11-4-2-1-3-5-11/h1-5,12-14H,6-10,16H2. The minimum Gasteiger partial charge on any atom is -0.445 e. The first-order valence-corrected chi connectivity index (χ1v) is 6.97. The molecule has 2 saturated heterocycles. The molecule has 1 saturated carbocycles. The summed E-state index contributed by atoms with van der Waals surface area (Å²) in [5.41, 5.74) is 7.09. The fraction of sp³-hybridized carbons (Fsp3) is 0.533. The highest BCUT2D eigenvalue weighted by Gasteiger charge is 2.41. The van der Waals surface area contributed by atoms with Gasteiger partial charge in [-0.3, -0.25) is 0 Å². The minimum absolute atomic E-state index is 0.189. The Morgan fingerprint density at radius 1 is 1.32 bits per heavy atom. The van der Waals surface area contributed by atoms with E-state index in [1.807, 2.05) is 35.2 Å². The molecule has 3 fully saturated rings. The maximum Gasteiger partial charge on any atom is 0.410 e. The molecule has 3 unspecified atom stereocenters. The van der Waals surface area contributed by atoms with Crippen molar-refractivity contribution < 1.29 is 9.53 Å². The first kappa shape index (κ1) is 12.5. The zero-order valence-electron chi connectivity index (χ0n) is 11.0. The first-order valence-electron chi connectivity index (χ1n) is 6.97. The van der Waals surface area contributed by atoms with Crippen LogP contribution in [0.25, 0.3) is 0 Å². The molecule has 102 valence electrons. The number of hydrogen-bond acceptors (Lipinski definition) is 3. The number of carbonyl (C=O) groups excluding carboxylic acids is 1. The smallest absolute Gasteiger partial charge is 0.410 e. The second-order valence-corrected chi connectivity index (χ2v) is 5.58. The predicted molar refractivity (Wildman–Crippen MR) is 72.4 cm³/mol. The molecule has 2 N–H and O–H groups in total. The Kier molecular flexibility index (Phi) is 3.42. The second kappa shape index (κ2) is 5.21. The molecular weight excluding hydrogens is 240 g/mol. The van der Waals surface area contributed by atoms with Crippen molar-refractivity contribution in [2.45, 2.75) is 38.0 Å². The number of nitrogens with two attached hydrogens (primary N) is 1. The fourth-order valence-corrected chi connectivity index (χ4v) is 3.18. The van der Waals surface area contributed by atoms with Gasteiger partial charge in [-0.2, -0.15) is 0 Å². The lowest BCUT2D eigenvalue weighted by atomic mass is 9.77. The van der Waals surface area contributed by atoms with Crippen LogP contribution >= 0.6 is 0 Å². The van der Waals surface area contributed by atoms with Crippen molar-refractivity contribution >= 4 is 6.09 Å². The lowest BCUT2D eigenvalue weighted by Gasteiger charge is -2.47. The van der Waals surface area contributed by atoms with Gasteiger partial charge in [0.1, 0.15) is 6.61 Å². The van der Waals surface area contributed by atoms with E-state index >= 15 is 0 Å². The zero-order chi connectivity index (χ0) is 13.2. The van der Waals surface area contributed by atoms with Crippen LogP contribution in [0.5, 0.6) is 0 Å². The summed E-state index contributed by atoms with van der Waals surface area (Å²) < 4.78 is 5.40. The molecule has 2 heterocycles. The summed E-state index contributed by atoms with van der Waals surface area (Å²) in [5.74, 6) is 0.453. The van der Waals surface area contributed by atoms with E-state index in [1.165, 1.54) is 0 Å². The van der Waals surface area contributed by atoms with Gasteiger partial charge in [-0.15, -0.1) is 0 Å². The van der Waals surface area contributed by atoms with E-state index in [4.69, 9.17) is 10.5 Å². The van der Waals surface area contributed by atoms with Gasteiger partial charge in [0.2, 0.25) is 0 Å². The Labute approximate surface area is 113 Å². The largest absolute Gasteiger partial charge is 0.445 e. The summed E-state index contributed by atoms with van der Waals surface area (Å²) in [5, 5.41) is 0. The first-order chi connectivity index (χ1) is 9.24. The van der Waals surface area contributed by atoms with Crippen LogP contribution in [0, 0.1) is 5.92 Å². The molecule has 4 nitrogen and oxygen atoms in total. The summed E-state index contributed by atoms with van der Waals surface area (Å²) in [4.78, 5) is 14.0. The summed E-state index contributed by atoms with van der Waals surface area (Å²) >= 11 is 0. The number of hydrogen-bond donors (Lipinski definition) is 1. The molecule has 3 atom stereocenters. The SMILES string of the molecule is NC1CC2CCC1CN2C(=O)OCc1ccccc1. The van der Waals surface area contributed by atoms with Crippen LogP contribution in [-0.4, -0.2) is 29.6 Å². The van der Waals surface area contributed by atoms with Crippen LogP contribution < -0.4 is 5.73 Å². The predicted octanol–water partition coefficient (Wildman–Crippen LogP) is 2.13. The van der Waals surface area contributed by atoms with Crippen LogP contribution in [0.1, 0.15) is 24.8 Å². The number of piperidine rings is 2. The Morgan fingerprint density at radius 3 is 2.74 bits per heavy atom. The van der Waals surface area contributed by atoms with Gasteiger partial charge in [0.05, 0.1) is 0 Å². The highest BCUT2D eigenvalue weighted by atomic mass is 16.6. The van der Waals surface area contributed by atoms with Gasteiger partial charge in [-0.25, -0.2) is 4.79 Å². The summed E-state index contributed by atoms with van der Waals surface area (Å²) in [6, 6.07) is 10.3. The van der Waals surface area contributed by atoms with Gasteiger partial charge in [0.25, 0.3) is 0 Å². The molecule has 2 aliphatic heterocycles. The molecule has 4 heteroatoms. The van der Waals surface area contributed by atoms with Crippen molar-refractivity contribution in [2.75, 3.05) is 6.54 Å². The lowest BCUT2D eigenvalue weighted by Crippen LogP contribution is -2.58. The number of rotatable bonds is 2. The summed E-state index contributed by atoms with van der Waals surface area (Å²) in [6.07, 6.45) is 2.95. The van der Waals surface area contributed by atoms with Crippen molar-refractivity contribution in [3.05, 3.63) is 35.9 Å². The lowest BCUT2D eigenvalue weighted by molar-refractivity contribution is 0.0178. The van der Waals surface area contributed by atoms with Gasteiger partial charge in [0, 0.05) is 18.6 Å². The van der Waals surface area contributed by atoms with Gasteiger partial charge in [0.15, 0.2) is 0 Å². The monoisotopic (exact) mass is 260 g/mol. The fourth-order valence-electron chi connectivity index (χ4n) is 3.18. The molecule has 4 rings (SSSR count). The van der Waals surface area contributed by atoms with Crippen molar-refractivity contribution in [1.82, 2.24) is 4.90 Å². The van der Waals surface area contributed by atoms with E-state index in [-0.39, 0.29) is 18.2 Å². The normalized spacial score (nSPS) is 29.3. The van der Waals surface area contributed by atoms with Crippen LogP contribution in [-0.2, 0) is 11.3 Å². The van der Waals surface area contributed by atoms with Crippen LogP contribution in [0.4, 0.5) is 4.79 Å². The average Bonchev–Trinajstić information content (AvgIpc) is 2.46. The van der Waals surface area contributed by atoms with Crippen molar-refractivity contribution in [1.29, 1.82) is 0 Å². The molecule has 1 aliphatic carbocycles. The molecule has 19 heavy (non-hydrogen) atoms. The highest BCUT2D eigenvalue weighted by molar-refractivity contribution is 5.68. The van der Waals surface area contributed by atoms with E-state index in [0.717, 1.165) is 31.4 Å². The topological polar surface area (TPSA) is 55.6 Å². The number of nitrogens with zero attached hydrogens (tertiary/aromatic N) is 1. The van der Waals surface area contributed by atoms with E-state index in [1.54, 1.807) is 0 Å². The maximum absolute atomic E-state index is 12.1. The summed E-state index contributed by atoms with van der Waals surface area (Å²) in [6.45, 7) is 1.11. The van der Waals surface area contributed by atoms with Gasteiger partial charge in [-0.05, 0) is 30.7 Å². The molecule has 1 aromatic rings. The van der Waals surface area contributed by atoms with Crippen LogP contribution in [0.2, 0.25) is 0 Å². The van der Waals surface area contributed by atoms with E-state index in [2.05, 4.69) is 0 Å². The number of benzene rings is 1. The van der Waals surface area contributed by atoms with Crippen molar-refractivity contribution in [3.63, 3.8) is 0 Å². The number of ether oxygens (including phenoxy) is 1. The maximum atomic E-state index is 12.1. The molecular formula is C15H20N2O2. The molecule has 0 radical (unpaired) electrons. The molecule has 1 aromatic carbocycles. The van der Waals surface area contributed by atoms with Gasteiger partial charge in [-0.1, -0.05) is 30.3 Å².